The van der Waals surface area contributed by atoms with Crippen LogP contribution in [0.1, 0.15) is 0 Å². The standard InChI is InChI=1S/C14H10N4O3/c19-18(20)12-8-6-11(7-9-12)15-14-17-16-13(21-14)10-4-2-1-3-5-10/h1-9H,(H,15,17). The second-order valence-electron chi connectivity index (χ2n) is 4.21. The quantitative estimate of drug-likeness (QED) is 0.582. The third-order valence-corrected chi connectivity index (χ3v) is 2.78. The van der Waals surface area contributed by atoms with Crippen molar-refractivity contribution in [2.45, 2.75) is 0 Å². The first-order valence-electron chi connectivity index (χ1n) is 6.13. The monoisotopic (exact) mass is 282 g/mol. The van der Waals surface area contributed by atoms with Crippen molar-refractivity contribution < 1.29 is 9.34 Å². The first kappa shape index (κ1) is 12.8. The molecule has 0 amide bonds. The van der Waals surface area contributed by atoms with E-state index in [1.54, 1.807) is 12.1 Å². The van der Waals surface area contributed by atoms with E-state index in [1.165, 1.54) is 12.1 Å². The van der Waals surface area contributed by atoms with Crippen molar-refractivity contribution in [3.63, 3.8) is 0 Å². The fourth-order valence-corrected chi connectivity index (χ4v) is 1.76. The number of benzene rings is 2. The zero-order chi connectivity index (χ0) is 14.7. The Morgan fingerprint density at radius 1 is 1.00 bits per heavy atom. The first-order chi connectivity index (χ1) is 10.2. The number of non-ortho nitro benzene ring substituents is 1. The summed E-state index contributed by atoms with van der Waals surface area (Å²) >= 11 is 0. The zero-order valence-corrected chi connectivity index (χ0v) is 10.8. The summed E-state index contributed by atoms with van der Waals surface area (Å²) in [6, 6.07) is 15.6. The fourth-order valence-electron chi connectivity index (χ4n) is 1.76. The predicted octanol–water partition coefficient (Wildman–Crippen LogP) is 3.39. The Morgan fingerprint density at radius 2 is 1.71 bits per heavy atom. The summed E-state index contributed by atoms with van der Waals surface area (Å²) in [7, 11) is 0. The first-order valence-corrected chi connectivity index (χ1v) is 6.13. The maximum Gasteiger partial charge on any atom is 0.320 e. The third kappa shape index (κ3) is 2.86. The molecule has 0 aliphatic carbocycles. The summed E-state index contributed by atoms with van der Waals surface area (Å²) in [5, 5.41) is 21.3. The van der Waals surface area contributed by atoms with E-state index in [2.05, 4.69) is 15.5 Å². The van der Waals surface area contributed by atoms with E-state index in [-0.39, 0.29) is 11.7 Å². The molecule has 1 aromatic heterocycles. The molecule has 1 N–H and O–H groups in total. The molecule has 3 rings (SSSR count). The van der Waals surface area contributed by atoms with Crippen LogP contribution in [-0.2, 0) is 0 Å². The molecular weight excluding hydrogens is 272 g/mol. The SMILES string of the molecule is O=[N+]([O-])c1ccc(Nc2nnc(-c3ccccc3)o2)cc1. The van der Waals surface area contributed by atoms with Gasteiger partial charge in [0.25, 0.3) is 5.69 Å². The van der Waals surface area contributed by atoms with Crippen molar-refractivity contribution >= 4 is 17.4 Å². The predicted molar refractivity (Wildman–Crippen MR) is 76.1 cm³/mol. The molecule has 0 aliphatic heterocycles. The molecule has 0 spiro atoms. The summed E-state index contributed by atoms with van der Waals surface area (Å²) in [5.41, 5.74) is 1.47. The van der Waals surface area contributed by atoms with Crippen LogP contribution >= 0.6 is 0 Å². The van der Waals surface area contributed by atoms with Gasteiger partial charge in [0.2, 0.25) is 5.89 Å². The lowest BCUT2D eigenvalue weighted by atomic mass is 10.2. The minimum Gasteiger partial charge on any atom is -0.403 e. The Balaban J connectivity index is 1.77. The summed E-state index contributed by atoms with van der Waals surface area (Å²) in [6.07, 6.45) is 0. The fraction of sp³-hybridized carbons (Fsp3) is 0. The van der Waals surface area contributed by atoms with Gasteiger partial charge in [0, 0.05) is 23.4 Å². The van der Waals surface area contributed by atoms with E-state index in [0.29, 0.717) is 11.6 Å². The van der Waals surface area contributed by atoms with Gasteiger partial charge in [0.05, 0.1) is 4.92 Å². The van der Waals surface area contributed by atoms with Gasteiger partial charge in [-0.1, -0.05) is 23.3 Å². The summed E-state index contributed by atoms with van der Waals surface area (Å²) in [4.78, 5) is 10.1. The number of aromatic nitrogens is 2. The van der Waals surface area contributed by atoms with Gasteiger partial charge >= 0.3 is 6.01 Å². The van der Waals surface area contributed by atoms with Crippen LogP contribution in [0.4, 0.5) is 17.4 Å². The number of nitro benzene ring substituents is 1. The summed E-state index contributed by atoms with van der Waals surface area (Å²) < 4.78 is 5.48. The molecule has 3 aromatic rings. The van der Waals surface area contributed by atoms with E-state index in [9.17, 15) is 10.1 Å². The van der Waals surface area contributed by atoms with Gasteiger partial charge in [-0.15, -0.1) is 5.10 Å². The minimum atomic E-state index is -0.454. The van der Waals surface area contributed by atoms with Crippen molar-refractivity contribution in [1.82, 2.24) is 10.2 Å². The average molecular weight is 282 g/mol. The zero-order valence-electron chi connectivity index (χ0n) is 10.8. The topological polar surface area (TPSA) is 94.1 Å². The third-order valence-electron chi connectivity index (χ3n) is 2.78. The molecule has 0 unspecified atom stereocenters. The number of nitrogens with one attached hydrogen (secondary N) is 1. The molecule has 0 radical (unpaired) electrons. The van der Waals surface area contributed by atoms with E-state index in [4.69, 9.17) is 4.42 Å². The molecule has 7 heteroatoms. The van der Waals surface area contributed by atoms with Crippen LogP contribution in [-0.4, -0.2) is 15.1 Å². The van der Waals surface area contributed by atoms with Crippen molar-refractivity contribution in [1.29, 1.82) is 0 Å². The van der Waals surface area contributed by atoms with Crippen LogP contribution in [0.2, 0.25) is 0 Å². The van der Waals surface area contributed by atoms with Gasteiger partial charge in [-0.2, -0.15) is 0 Å². The summed E-state index contributed by atoms with van der Waals surface area (Å²) in [5.74, 6) is 0.403. The highest BCUT2D eigenvalue weighted by atomic mass is 16.6. The molecular formula is C14H10N4O3. The number of nitro groups is 1. The van der Waals surface area contributed by atoms with Crippen LogP contribution in [0.3, 0.4) is 0 Å². The molecule has 0 bridgehead atoms. The van der Waals surface area contributed by atoms with Gasteiger partial charge in [-0.05, 0) is 24.3 Å². The Hall–Kier alpha value is -3.22. The number of hydrogen-bond donors (Lipinski definition) is 1. The van der Waals surface area contributed by atoms with Crippen LogP contribution in [0.5, 0.6) is 0 Å². The number of nitrogens with zero attached hydrogens (tertiary/aromatic N) is 3. The van der Waals surface area contributed by atoms with Gasteiger partial charge in [0.1, 0.15) is 0 Å². The Bertz CT molecular complexity index is 753. The maximum absolute atomic E-state index is 10.6. The number of hydrogen-bond acceptors (Lipinski definition) is 6. The highest BCUT2D eigenvalue weighted by molar-refractivity contribution is 5.57. The molecule has 21 heavy (non-hydrogen) atoms. The molecule has 0 saturated carbocycles. The summed E-state index contributed by atoms with van der Waals surface area (Å²) in [6.45, 7) is 0. The molecule has 0 aliphatic rings. The van der Waals surface area contributed by atoms with Gasteiger partial charge in [-0.25, -0.2) is 0 Å². The Labute approximate surface area is 119 Å². The van der Waals surface area contributed by atoms with Crippen LogP contribution in [0.15, 0.2) is 59.0 Å². The van der Waals surface area contributed by atoms with E-state index in [1.807, 2.05) is 30.3 Å². The molecule has 0 saturated heterocycles. The van der Waals surface area contributed by atoms with Gasteiger partial charge in [0.15, 0.2) is 0 Å². The lowest BCUT2D eigenvalue weighted by molar-refractivity contribution is -0.384. The second kappa shape index (κ2) is 5.41. The van der Waals surface area contributed by atoms with Crippen molar-refractivity contribution in [2.75, 3.05) is 5.32 Å². The average Bonchev–Trinajstić information content (AvgIpc) is 2.97. The highest BCUT2D eigenvalue weighted by Crippen LogP contribution is 2.23. The lowest BCUT2D eigenvalue weighted by Crippen LogP contribution is -1.91. The van der Waals surface area contributed by atoms with Crippen molar-refractivity contribution in [3.05, 3.63) is 64.7 Å². The Kier molecular flexibility index (Phi) is 3.30. The largest absolute Gasteiger partial charge is 0.403 e. The van der Waals surface area contributed by atoms with Crippen LogP contribution in [0.25, 0.3) is 11.5 Å². The van der Waals surface area contributed by atoms with E-state index in [0.717, 1.165) is 5.56 Å². The van der Waals surface area contributed by atoms with Crippen LogP contribution < -0.4 is 5.32 Å². The maximum atomic E-state index is 10.6. The Morgan fingerprint density at radius 3 is 2.38 bits per heavy atom. The smallest absolute Gasteiger partial charge is 0.320 e. The minimum absolute atomic E-state index is 0.0241. The highest BCUT2D eigenvalue weighted by Gasteiger charge is 2.09. The van der Waals surface area contributed by atoms with E-state index >= 15 is 0 Å². The molecule has 0 fully saturated rings. The van der Waals surface area contributed by atoms with Gasteiger partial charge in [-0.3, -0.25) is 10.1 Å². The molecule has 2 aromatic carbocycles. The van der Waals surface area contributed by atoms with E-state index < -0.39 is 4.92 Å². The molecule has 1 heterocycles. The number of anilines is 2. The molecule has 7 nitrogen and oxygen atoms in total. The van der Waals surface area contributed by atoms with Crippen molar-refractivity contribution in [3.8, 4) is 11.5 Å². The van der Waals surface area contributed by atoms with Crippen LogP contribution in [0, 0.1) is 10.1 Å². The second-order valence-corrected chi connectivity index (χ2v) is 4.21. The normalized spacial score (nSPS) is 10.3. The van der Waals surface area contributed by atoms with Gasteiger partial charge < -0.3 is 9.73 Å². The van der Waals surface area contributed by atoms with Crippen molar-refractivity contribution in [2.24, 2.45) is 0 Å². The number of rotatable bonds is 4. The lowest BCUT2D eigenvalue weighted by Gasteiger charge is -2.00. The molecule has 0 atom stereocenters. The molecule has 104 valence electrons.